The SMILES string of the molecule is Fc1cccc(Cc2ccccc2-c2ncnc(-c3ccccc3-c3ccccc3)n2)c1F. The molecule has 33 heavy (non-hydrogen) atoms. The van der Waals surface area contributed by atoms with Crippen LogP contribution in [0.1, 0.15) is 11.1 Å². The third kappa shape index (κ3) is 4.26. The molecule has 4 aromatic carbocycles. The van der Waals surface area contributed by atoms with Gasteiger partial charge in [0.25, 0.3) is 0 Å². The molecule has 5 aromatic rings. The van der Waals surface area contributed by atoms with Crippen molar-refractivity contribution >= 4 is 0 Å². The maximum Gasteiger partial charge on any atom is 0.163 e. The molecule has 1 heterocycles. The van der Waals surface area contributed by atoms with E-state index < -0.39 is 11.6 Å². The van der Waals surface area contributed by atoms with E-state index in [1.807, 2.05) is 78.9 Å². The second-order valence-electron chi connectivity index (χ2n) is 7.59. The van der Waals surface area contributed by atoms with Gasteiger partial charge in [-0.2, -0.15) is 0 Å². The van der Waals surface area contributed by atoms with Gasteiger partial charge < -0.3 is 0 Å². The molecule has 0 fully saturated rings. The summed E-state index contributed by atoms with van der Waals surface area (Å²) in [6.45, 7) is 0. The van der Waals surface area contributed by atoms with Gasteiger partial charge in [-0.15, -0.1) is 0 Å². The largest absolute Gasteiger partial charge is 0.216 e. The van der Waals surface area contributed by atoms with Gasteiger partial charge in [0.1, 0.15) is 6.33 Å². The summed E-state index contributed by atoms with van der Waals surface area (Å²) >= 11 is 0. The Hall–Kier alpha value is -4.25. The first kappa shape index (κ1) is 20.6. The maximum atomic E-state index is 14.3. The predicted octanol–water partition coefficient (Wildman–Crippen LogP) is 6.74. The fraction of sp³-hybridized carbons (Fsp3) is 0.0357. The van der Waals surface area contributed by atoms with Crippen LogP contribution in [-0.4, -0.2) is 15.0 Å². The van der Waals surface area contributed by atoms with Crippen LogP contribution in [0, 0.1) is 11.6 Å². The van der Waals surface area contributed by atoms with E-state index in [1.54, 1.807) is 6.07 Å². The molecular weight excluding hydrogens is 416 g/mol. The Kier molecular flexibility index (Phi) is 5.68. The normalized spacial score (nSPS) is 10.8. The monoisotopic (exact) mass is 435 g/mol. The quantitative estimate of drug-likeness (QED) is 0.307. The lowest BCUT2D eigenvalue weighted by Crippen LogP contribution is -2.01. The van der Waals surface area contributed by atoms with E-state index in [1.165, 1.54) is 12.4 Å². The number of halogens is 2. The minimum absolute atomic E-state index is 0.224. The van der Waals surface area contributed by atoms with Crippen molar-refractivity contribution in [3.05, 3.63) is 126 Å². The second kappa shape index (κ2) is 9.09. The van der Waals surface area contributed by atoms with Gasteiger partial charge in [-0.1, -0.05) is 91.0 Å². The number of nitrogens with zero attached hydrogens (tertiary/aromatic N) is 3. The van der Waals surface area contributed by atoms with Crippen molar-refractivity contribution < 1.29 is 8.78 Å². The van der Waals surface area contributed by atoms with Crippen LogP contribution in [-0.2, 0) is 6.42 Å². The highest BCUT2D eigenvalue weighted by atomic mass is 19.2. The summed E-state index contributed by atoms with van der Waals surface area (Å²) in [4.78, 5) is 13.6. The molecular formula is C28H19F2N3. The van der Waals surface area contributed by atoms with Crippen molar-refractivity contribution in [3.8, 4) is 33.9 Å². The van der Waals surface area contributed by atoms with Crippen LogP contribution in [0.5, 0.6) is 0 Å². The average molecular weight is 435 g/mol. The Morgan fingerprint density at radius 1 is 0.545 bits per heavy atom. The molecule has 0 aliphatic rings. The van der Waals surface area contributed by atoms with Crippen molar-refractivity contribution in [3.63, 3.8) is 0 Å². The smallest absolute Gasteiger partial charge is 0.163 e. The maximum absolute atomic E-state index is 14.3. The van der Waals surface area contributed by atoms with Gasteiger partial charge in [0.05, 0.1) is 0 Å². The molecule has 0 aliphatic heterocycles. The van der Waals surface area contributed by atoms with Crippen molar-refractivity contribution in [2.75, 3.05) is 0 Å². The third-order valence-electron chi connectivity index (χ3n) is 5.50. The van der Waals surface area contributed by atoms with E-state index in [0.717, 1.165) is 33.9 Å². The lowest BCUT2D eigenvalue weighted by Gasteiger charge is -2.12. The van der Waals surface area contributed by atoms with Gasteiger partial charge in [-0.05, 0) is 28.3 Å². The van der Waals surface area contributed by atoms with Crippen LogP contribution < -0.4 is 0 Å². The van der Waals surface area contributed by atoms with Gasteiger partial charge in [0.2, 0.25) is 0 Å². The molecule has 5 heteroatoms. The van der Waals surface area contributed by atoms with Crippen LogP contribution in [0.15, 0.2) is 103 Å². The topological polar surface area (TPSA) is 38.7 Å². The zero-order valence-corrected chi connectivity index (χ0v) is 17.6. The highest BCUT2D eigenvalue weighted by Crippen LogP contribution is 2.31. The summed E-state index contributed by atoms with van der Waals surface area (Å²) in [6, 6.07) is 29.7. The molecule has 0 unspecified atom stereocenters. The van der Waals surface area contributed by atoms with Gasteiger partial charge in [0, 0.05) is 17.5 Å². The third-order valence-corrected chi connectivity index (χ3v) is 5.50. The summed E-state index contributed by atoms with van der Waals surface area (Å²) in [5.41, 5.74) is 4.81. The molecule has 0 aliphatic carbocycles. The average Bonchev–Trinajstić information content (AvgIpc) is 2.88. The van der Waals surface area contributed by atoms with Crippen molar-refractivity contribution in [2.24, 2.45) is 0 Å². The summed E-state index contributed by atoms with van der Waals surface area (Å²) in [6.07, 6.45) is 1.71. The zero-order chi connectivity index (χ0) is 22.6. The van der Waals surface area contributed by atoms with E-state index in [4.69, 9.17) is 4.98 Å². The first-order chi connectivity index (χ1) is 16.2. The minimum atomic E-state index is -0.857. The summed E-state index contributed by atoms with van der Waals surface area (Å²) < 4.78 is 28.0. The Morgan fingerprint density at radius 2 is 1.15 bits per heavy atom. The molecule has 5 rings (SSSR count). The van der Waals surface area contributed by atoms with Crippen LogP contribution >= 0.6 is 0 Å². The molecule has 3 nitrogen and oxygen atoms in total. The minimum Gasteiger partial charge on any atom is -0.216 e. The van der Waals surface area contributed by atoms with E-state index in [-0.39, 0.29) is 12.0 Å². The lowest BCUT2D eigenvalue weighted by atomic mass is 9.98. The van der Waals surface area contributed by atoms with E-state index in [0.29, 0.717) is 11.6 Å². The Morgan fingerprint density at radius 3 is 1.94 bits per heavy atom. The molecule has 0 saturated carbocycles. The van der Waals surface area contributed by atoms with Crippen molar-refractivity contribution in [2.45, 2.75) is 6.42 Å². The van der Waals surface area contributed by atoms with Gasteiger partial charge in [-0.25, -0.2) is 23.7 Å². The number of rotatable bonds is 5. The number of benzene rings is 4. The van der Waals surface area contributed by atoms with Crippen molar-refractivity contribution in [1.29, 1.82) is 0 Å². The molecule has 1 aromatic heterocycles. The Balaban J connectivity index is 1.57. The Bertz CT molecular complexity index is 1420. The Labute approximate surface area is 190 Å². The summed E-state index contributed by atoms with van der Waals surface area (Å²) in [7, 11) is 0. The number of hydrogen-bond donors (Lipinski definition) is 0. The molecule has 0 spiro atoms. The molecule has 160 valence electrons. The van der Waals surface area contributed by atoms with E-state index in [9.17, 15) is 8.78 Å². The van der Waals surface area contributed by atoms with Crippen LogP contribution in [0.25, 0.3) is 33.9 Å². The van der Waals surface area contributed by atoms with Crippen molar-refractivity contribution in [1.82, 2.24) is 15.0 Å². The molecule has 0 N–H and O–H groups in total. The number of aromatic nitrogens is 3. The highest BCUT2D eigenvalue weighted by molar-refractivity contribution is 5.80. The van der Waals surface area contributed by atoms with Gasteiger partial charge >= 0.3 is 0 Å². The number of hydrogen-bond acceptors (Lipinski definition) is 3. The predicted molar refractivity (Wildman–Crippen MR) is 125 cm³/mol. The zero-order valence-electron chi connectivity index (χ0n) is 17.6. The van der Waals surface area contributed by atoms with Crippen LogP contribution in [0.2, 0.25) is 0 Å². The molecule has 0 atom stereocenters. The lowest BCUT2D eigenvalue weighted by molar-refractivity contribution is 0.501. The van der Waals surface area contributed by atoms with Crippen LogP contribution in [0.3, 0.4) is 0 Å². The molecule has 0 bridgehead atoms. The molecule has 0 saturated heterocycles. The highest BCUT2D eigenvalue weighted by Gasteiger charge is 2.15. The standard InChI is InChI=1S/C28H19F2N3/c29-25-16-8-12-21(26(25)30)17-20-11-4-5-14-23(20)27-31-18-32-28(33-27)24-15-7-6-13-22(24)19-9-2-1-3-10-19/h1-16,18H,17H2. The summed E-state index contributed by atoms with van der Waals surface area (Å²) in [5, 5.41) is 0. The fourth-order valence-corrected chi connectivity index (χ4v) is 3.89. The summed E-state index contributed by atoms with van der Waals surface area (Å²) in [5.74, 6) is -0.660. The second-order valence-corrected chi connectivity index (χ2v) is 7.59. The van der Waals surface area contributed by atoms with E-state index >= 15 is 0 Å². The van der Waals surface area contributed by atoms with Gasteiger partial charge in [-0.3, -0.25) is 0 Å². The van der Waals surface area contributed by atoms with Crippen LogP contribution in [0.4, 0.5) is 8.78 Å². The van der Waals surface area contributed by atoms with E-state index in [2.05, 4.69) is 9.97 Å². The molecule has 0 amide bonds. The fourth-order valence-electron chi connectivity index (χ4n) is 3.89. The first-order valence-corrected chi connectivity index (χ1v) is 10.6. The van der Waals surface area contributed by atoms with Gasteiger partial charge in [0.15, 0.2) is 23.3 Å². The first-order valence-electron chi connectivity index (χ1n) is 10.6. The molecule has 0 radical (unpaired) electrons.